The van der Waals surface area contributed by atoms with E-state index in [9.17, 15) is 13.6 Å². The van der Waals surface area contributed by atoms with Crippen molar-refractivity contribution < 1.29 is 18.7 Å². The van der Waals surface area contributed by atoms with E-state index < -0.39 is 23.6 Å². The van der Waals surface area contributed by atoms with E-state index in [0.29, 0.717) is 5.56 Å². The van der Waals surface area contributed by atoms with Gasteiger partial charge in [-0.25, -0.2) is 8.78 Å². The quantitative estimate of drug-likeness (QED) is 0.704. The van der Waals surface area contributed by atoms with E-state index in [4.69, 9.17) is 10.8 Å². The van der Waals surface area contributed by atoms with Gasteiger partial charge < -0.3 is 16.2 Å². The third kappa shape index (κ3) is 3.76. The second-order valence-electron chi connectivity index (χ2n) is 3.72. The van der Waals surface area contributed by atoms with Gasteiger partial charge in [0.1, 0.15) is 6.10 Å². The predicted molar refractivity (Wildman–Crippen MR) is 58.0 cm³/mol. The molecule has 1 aromatic carbocycles. The Morgan fingerprint density at radius 2 is 2.12 bits per heavy atom. The number of amides is 1. The summed E-state index contributed by atoms with van der Waals surface area (Å²) in [5.74, 6) is -2.69. The molecule has 4 nitrogen and oxygen atoms in total. The van der Waals surface area contributed by atoms with E-state index in [1.165, 1.54) is 6.07 Å². The largest absolute Gasteiger partial charge is 0.382 e. The number of benzene rings is 1. The van der Waals surface area contributed by atoms with Gasteiger partial charge >= 0.3 is 0 Å². The van der Waals surface area contributed by atoms with Gasteiger partial charge in [-0.05, 0) is 24.6 Å². The highest BCUT2D eigenvalue weighted by molar-refractivity contribution is 5.78. The number of primary amides is 1. The lowest BCUT2D eigenvalue weighted by Gasteiger charge is -2.16. The molecule has 2 atom stereocenters. The molecule has 1 amide bonds. The maximum Gasteiger partial charge on any atom is 0.247 e. The Hall–Kier alpha value is -1.53. The lowest BCUT2D eigenvalue weighted by molar-refractivity contribution is -0.125. The number of hydrogen-bond acceptors (Lipinski definition) is 3. The second-order valence-corrected chi connectivity index (χ2v) is 3.72. The van der Waals surface area contributed by atoms with E-state index in [2.05, 4.69) is 5.32 Å². The highest BCUT2D eigenvalue weighted by atomic mass is 19.2. The summed E-state index contributed by atoms with van der Waals surface area (Å²) in [4.78, 5) is 10.6. The second kappa shape index (κ2) is 5.70. The summed E-state index contributed by atoms with van der Waals surface area (Å²) >= 11 is 0. The van der Waals surface area contributed by atoms with Crippen LogP contribution in [0.2, 0.25) is 0 Å². The molecule has 0 saturated heterocycles. The van der Waals surface area contributed by atoms with Crippen molar-refractivity contribution in [1.82, 2.24) is 5.32 Å². The van der Waals surface area contributed by atoms with Gasteiger partial charge in [0.25, 0.3) is 0 Å². The lowest BCUT2D eigenvalue weighted by Crippen LogP contribution is -2.38. The van der Waals surface area contributed by atoms with Crippen LogP contribution >= 0.6 is 0 Å². The van der Waals surface area contributed by atoms with E-state index >= 15 is 0 Å². The van der Waals surface area contributed by atoms with Crippen molar-refractivity contribution in [2.24, 2.45) is 5.73 Å². The number of hydrogen-bond donors (Lipinski definition) is 3. The molecule has 0 saturated carbocycles. The van der Waals surface area contributed by atoms with Crippen molar-refractivity contribution in [1.29, 1.82) is 0 Å². The molecule has 2 unspecified atom stereocenters. The van der Waals surface area contributed by atoms with Crippen molar-refractivity contribution in [3.05, 3.63) is 35.4 Å². The number of nitrogens with two attached hydrogens (primary N) is 1. The van der Waals surface area contributed by atoms with Crippen LogP contribution in [0.3, 0.4) is 0 Å². The van der Waals surface area contributed by atoms with E-state index in [-0.39, 0.29) is 12.6 Å². The fraction of sp³-hybridized carbons (Fsp3) is 0.364. The first-order valence-electron chi connectivity index (χ1n) is 5.07. The van der Waals surface area contributed by atoms with Gasteiger partial charge in [-0.3, -0.25) is 4.79 Å². The number of rotatable bonds is 5. The smallest absolute Gasteiger partial charge is 0.247 e. The Bertz CT molecular complexity index is 412. The molecule has 0 heterocycles. The molecule has 94 valence electrons. The summed E-state index contributed by atoms with van der Waals surface area (Å²) in [7, 11) is 0. The van der Waals surface area contributed by atoms with Crippen LogP contribution < -0.4 is 11.1 Å². The molecule has 0 aliphatic heterocycles. The number of carbonyl (C=O) groups is 1. The van der Waals surface area contributed by atoms with Crippen molar-refractivity contribution in [3.8, 4) is 0 Å². The average Bonchev–Trinajstić information content (AvgIpc) is 2.28. The highest BCUT2D eigenvalue weighted by Crippen LogP contribution is 2.15. The first kappa shape index (κ1) is 13.5. The van der Waals surface area contributed by atoms with Crippen molar-refractivity contribution in [3.63, 3.8) is 0 Å². The van der Waals surface area contributed by atoms with Crippen LogP contribution in [0.4, 0.5) is 8.78 Å². The molecule has 1 aromatic rings. The van der Waals surface area contributed by atoms with Crippen LogP contribution in [0.1, 0.15) is 18.5 Å². The van der Waals surface area contributed by atoms with Crippen molar-refractivity contribution in [2.75, 3.05) is 6.54 Å². The molecule has 6 heteroatoms. The molecule has 17 heavy (non-hydrogen) atoms. The minimum Gasteiger partial charge on any atom is -0.382 e. The summed E-state index contributed by atoms with van der Waals surface area (Å²) in [6.07, 6.45) is -1.30. The third-order valence-electron chi connectivity index (χ3n) is 2.39. The van der Waals surface area contributed by atoms with Gasteiger partial charge in [-0.15, -0.1) is 0 Å². The van der Waals surface area contributed by atoms with Gasteiger partial charge in [0.2, 0.25) is 5.91 Å². The average molecular weight is 244 g/mol. The molecular formula is C11H14F2N2O2. The number of carbonyl (C=O) groups excluding carboxylic acids is 1. The van der Waals surface area contributed by atoms with Crippen LogP contribution in [-0.2, 0) is 4.79 Å². The molecule has 1 rings (SSSR count). The molecule has 0 aliphatic rings. The SMILES string of the molecule is CC(NCC(O)C(N)=O)c1ccc(F)c(F)c1. The number of aliphatic hydroxyl groups excluding tert-OH is 1. The molecular weight excluding hydrogens is 230 g/mol. The Kier molecular flexibility index (Phi) is 4.53. The Balaban J connectivity index is 2.60. The van der Waals surface area contributed by atoms with Gasteiger partial charge in [0.15, 0.2) is 11.6 Å². The van der Waals surface area contributed by atoms with Crippen LogP contribution in [0.5, 0.6) is 0 Å². The van der Waals surface area contributed by atoms with Crippen LogP contribution in [0.15, 0.2) is 18.2 Å². The summed E-state index contributed by atoms with van der Waals surface area (Å²) in [5, 5.41) is 11.9. The number of aliphatic hydroxyl groups is 1. The minimum atomic E-state index is -1.30. The maximum absolute atomic E-state index is 12.9. The van der Waals surface area contributed by atoms with Gasteiger partial charge in [-0.2, -0.15) is 0 Å². The predicted octanol–water partition coefficient (Wildman–Crippen LogP) is 0.462. The minimum absolute atomic E-state index is 0.0461. The molecule has 0 fully saturated rings. The molecule has 4 N–H and O–H groups in total. The maximum atomic E-state index is 12.9. The number of nitrogens with one attached hydrogen (secondary N) is 1. The molecule has 0 radical (unpaired) electrons. The molecule has 0 spiro atoms. The van der Waals surface area contributed by atoms with Crippen molar-refractivity contribution >= 4 is 5.91 Å². The summed E-state index contributed by atoms with van der Waals surface area (Å²) in [5.41, 5.74) is 5.38. The van der Waals surface area contributed by atoms with Gasteiger partial charge in [-0.1, -0.05) is 6.07 Å². The zero-order chi connectivity index (χ0) is 13.0. The fourth-order valence-corrected chi connectivity index (χ4v) is 1.29. The zero-order valence-electron chi connectivity index (χ0n) is 9.28. The van der Waals surface area contributed by atoms with Crippen LogP contribution in [0, 0.1) is 11.6 Å². The summed E-state index contributed by atoms with van der Waals surface area (Å²) in [6.45, 7) is 1.65. The molecule has 0 aliphatic carbocycles. The topological polar surface area (TPSA) is 75.3 Å². The summed E-state index contributed by atoms with van der Waals surface area (Å²) < 4.78 is 25.6. The first-order chi connectivity index (χ1) is 7.91. The highest BCUT2D eigenvalue weighted by Gasteiger charge is 2.13. The summed E-state index contributed by atoms with van der Waals surface area (Å²) in [6, 6.07) is 3.17. The zero-order valence-corrected chi connectivity index (χ0v) is 9.28. The van der Waals surface area contributed by atoms with Crippen LogP contribution in [0.25, 0.3) is 0 Å². The monoisotopic (exact) mass is 244 g/mol. The Morgan fingerprint density at radius 3 is 2.65 bits per heavy atom. The molecule has 0 aromatic heterocycles. The third-order valence-corrected chi connectivity index (χ3v) is 2.39. The van der Waals surface area contributed by atoms with Gasteiger partial charge in [0, 0.05) is 12.6 Å². The van der Waals surface area contributed by atoms with Crippen LogP contribution in [-0.4, -0.2) is 23.7 Å². The van der Waals surface area contributed by atoms with E-state index in [1.54, 1.807) is 6.92 Å². The lowest BCUT2D eigenvalue weighted by atomic mass is 10.1. The normalized spacial score (nSPS) is 14.4. The number of halogens is 2. The standard InChI is InChI=1S/C11H14F2N2O2/c1-6(15-5-10(16)11(14)17)7-2-3-8(12)9(13)4-7/h2-4,6,10,15-16H,5H2,1H3,(H2,14,17). The fourth-order valence-electron chi connectivity index (χ4n) is 1.29. The first-order valence-corrected chi connectivity index (χ1v) is 5.07. The van der Waals surface area contributed by atoms with E-state index in [1.807, 2.05) is 0 Å². The van der Waals surface area contributed by atoms with Crippen molar-refractivity contribution in [2.45, 2.75) is 19.1 Å². The van der Waals surface area contributed by atoms with Gasteiger partial charge in [0.05, 0.1) is 0 Å². The van der Waals surface area contributed by atoms with E-state index in [0.717, 1.165) is 12.1 Å². The molecule has 0 bridgehead atoms. The Labute approximate surface area is 97.4 Å². The Morgan fingerprint density at radius 1 is 1.47 bits per heavy atom.